The van der Waals surface area contributed by atoms with Gasteiger partial charge in [0.2, 0.25) is 11.8 Å². The van der Waals surface area contributed by atoms with Gasteiger partial charge < -0.3 is 14.5 Å². The molecule has 2 heterocycles. The van der Waals surface area contributed by atoms with Crippen LogP contribution in [0.2, 0.25) is 0 Å². The van der Waals surface area contributed by atoms with Gasteiger partial charge in [-0.15, -0.1) is 17.9 Å². The van der Waals surface area contributed by atoms with E-state index < -0.39 is 0 Å². The predicted octanol–water partition coefficient (Wildman–Crippen LogP) is 3.90. The largest absolute Gasteiger partial charge is 0.491 e. The molecule has 154 valence electrons. The number of benzene rings is 1. The SMILES string of the molecule is C=CCN(CC(=O)N1CCc2sccc2C1COc1ccc(C)cc1C)C(C)=O. The maximum absolute atomic E-state index is 13.1. The minimum absolute atomic E-state index is 0.0564. The molecule has 1 aromatic heterocycles. The van der Waals surface area contributed by atoms with Crippen molar-refractivity contribution >= 4 is 23.2 Å². The summed E-state index contributed by atoms with van der Waals surface area (Å²) in [6.07, 6.45) is 2.48. The average molecular weight is 413 g/mol. The Hall–Kier alpha value is -2.60. The van der Waals surface area contributed by atoms with Crippen molar-refractivity contribution < 1.29 is 14.3 Å². The molecule has 0 fully saturated rings. The number of aryl methyl sites for hydroxylation is 2. The van der Waals surface area contributed by atoms with Gasteiger partial charge in [-0.05, 0) is 48.9 Å². The Labute approximate surface area is 176 Å². The Morgan fingerprint density at radius 1 is 1.34 bits per heavy atom. The van der Waals surface area contributed by atoms with Crippen molar-refractivity contribution in [2.45, 2.75) is 33.2 Å². The normalized spacial score (nSPS) is 15.6. The van der Waals surface area contributed by atoms with Gasteiger partial charge in [-0.2, -0.15) is 0 Å². The molecule has 1 unspecified atom stereocenters. The standard InChI is InChI=1S/C23H28N2O3S/c1-5-10-24(18(4)26)14-23(27)25-11-8-22-19(9-12-29-22)20(25)15-28-21-7-6-16(2)13-17(21)3/h5-7,9,12-13,20H,1,8,10-11,14-15H2,2-4H3. The molecule has 3 rings (SSSR count). The van der Waals surface area contributed by atoms with E-state index in [0.717, 1.165) is 23.3 Å². The predicted molar refractivity (Wildman–Crippen MR) is 116 cm³/mol. The molecule has 1 aliphatic rings. The minimum Gasteiger partial charge on any atom is -0.491 e. The molecule has 0 aliphatic carbocycles. The van der Waals surface area contributed by atoms with E-state index in [2.05, 4.69) is 31.0 Å². The molecule has 29 heavy (non-hydrogen) atoms. The average Bonchev–Trinajstić information content (AvgIpc) is 3.15. The Balaban J connectivity index is 1.79. The van der Waals surface area contributed by atoms with Crippen LogP contribution >= 0.6 is 11.3 Å². The molecule has 2 aromatic rings. The highest BCUT2D eigenvalue weighted by molar-refractivity contribution is 7.10. The molecule has 1 atom stereocenters. The van der Waals surface area contributed by atoms with Crippen molar-refractivity contribution in [3.05, 3.63) is 63.9 Å². The smallest absolute Gasteiger partial charge is 0.242 e. The number of carbonyl (C=O) groups excluding carboxylic acids is 2. The number of nitrogens with zero attached hydrogens (tertiary/aromatic N) is 2. The van der Waals surface area contributed by atoms with Crippen LogP contribution in [0.5, 0.6) is 5.75 Å². The highest BCUT2D eigenvalue weighted by Crippen LogP contribution is 2.34. The van der Waals surface area contributed by atoms with E-state index in [1.54, 1.807) is 17.4 Å². The number of amides is 2. The summed E-state index contributed by atoms with van der Waals surface area (Å²) < 4.78 is 6.15. The monoisotopic (exact) mass is 412 g/mol. The fraction of sp³-hybridized carbons (Fsp3) is 0.391. The van der Waals surface area contributed by atoms with Crippen molar-refractivity contribution in [2.75, 3.05) is 26.2 Å². The molecule has 0 saturated carbocycles. The summed E-state index contributed by atoms with van der Waals surface area (Å²) in [5.74, 6) is 0.644. The van der Waals surface area contributed by atoms with Crippen molar-refractivity contribution in [2.24, 2.45) is 0 Å². The molecule has 2 amide bonds. The summed E-state index contributed by atoms with van der Waals surface area (Å²) in [6.45, 7) is 10.7. The first-order valence-corrected chi connectivity index (χ1v) is 10.7. The zero-order chi connectivity index (χ0) is 21.0. The Morgan fingerprint density at radius 3 is 2.83 bits per heavy atom. The van der Waals surface area contributed by atoms with Crippen molar-refractivity contribution in [3.63, 3.8) is 0 Å². The molecule has 0 saturated heterocycles. The number of carbonyl (C=O) groups is 2. The van der Waals surface area contributed by atoms with Crippen molar-refractivity contribution in [3.8, 4) is 5.75 Å². The molecular weight excluding hydrogens is 384 g/mol. The maximum atomic E-state index is 13.1. The van der Waals surface area contributed by atoms with Crippen LogP contribution in [-0.2, 0) is 16.0 Å². The van der Waals surface area contributed by atoms with Gasteiger partial charge in [0.05, 0.1) is 6.04 Å². The first-order chi connectivity index (χ1) is 13.9. The Morgan fingerprint density at radius 2 is 2.14 bits per heavy atom. The molecule has 1 aromatic carbocycles. The zero-order valence-corrected chi connectivity index (χ0v) is 18.1. The Bertz CT molecular complexity index is 905. The number of ether oxygens (including phenoxy) is 1. The van der Waals surface area contributed by atoms with Crippen LogP contribution in [0.3, 0.4) is 0 Å². The molecule has 0 spiro atoms. The lowest BCUT2D eigenvalue weighted by atomic mass is 10.00. The second-order valence-electron chi connectivity index (χ2n) is 7.42. The molecule has 5 nitrogen and oxygen atoms in total. The van der Waals surface area contributed by atoms with Crippen molar-refractivity contribution in [1.82, 2.24) is 9.80 Å². The van der Waals surface area contributed by atoms with E-state index in [1.807, 2.05) is 24.0 Å². The summed E-state index contributed by atoms with van der Waals surface area (Å²) in [7, 11) is 0. The summed E-state index contributed by atoms with van der Waals surface area (Å²) in [5.41, 5.74) is 3.42. The lowest BCUT2D eigenvalue weighted by Gasteiger charge is -2.37. The molecular formula is C23H28N2O3S. The number of hydrogen-bond acceptors (Lipinski definition) is 4. The Kier molecular flexibility index (Phi) is 6.75. The van der Waals surface area contributed by atoms with Gasteiger partial charge in [0.25, 0.3) is 0 Å². The first-order valence-electron chi connectivity index (χ1n) is 9.83. The maximum Gasteiger partial charge on any atom is 0.242 e. The molecule has 1 aliphatic heterocycles. The van der Waals surface area contributed by atoms with E-state index in [9.17, 15) is 9.59 Å². The number of hydrogen-bond donors (Lipinski definition) is 0. The van der Waals surface area contributed by atoms with Gasteiger partial charge in [0.15, 0.2) is 0 Å². The summed E-state index contributed by atoms with van der Waals surface area (Å²) in [4.78, 5) is 29.6. The van der Waals surface area contributed by atoms with Gasteiger partial charge in [0.1, 0.15) is 18.9 Å². The van der Waals surface area contributed by atoms with Crippen LogP contribution in [0.1, 0.15) is 34.5 Å². The van der Waals surface area contributed by atoms with Crippen LogP contribution < -0.4 is 4.74 Å². The highest BCUT2D eigenvalue weighted by Gasteiger charge is 2.33. The van der Waals surface area contributed by atoms with Crippen LogP contribution in [0.4, 0.5) is 0 Å². The van der Waals surface area contributed by atoms with Crippen molar-refractivity contribution in [1.29, 1.82) is 0 Å². The van der Waals surface area contributed by atoms with E-state index in [-0.39, 0.29) is 24.4 Å². The zero-order valence-electron chi connectivity index (χ0n) is 17.3. The fourth-order valence-corrected chi connectivity index (χ4v) is 4.65. The van der Waals surface area contributed by atoms with Gasteiger partial charge >= 0.3 is 0 Å². The van der Waals surface area contributed by atoms with Gasteiger partial charge in [0, 0.05) is 24.9 Å². The van der Waals surface area contributed by atoms with E-state index in [0.29, 0.717) is 19.7 Å². The topological polar surface area (TPSA) is 49.9 Å². The molecule has 0 bridgehead atoms. The third-order valence-electron chi connectivity index (χ3n) is 5.26. The minimum atomic E-state index is -0.157. The molecule has 0 radical (unpaired) electrons. The molecule has 6 heteroatoms. The second kappa shape index (κ2) is 9.27. The van der Waals surface area contributed by atoms with Crippen LogP contribution in [0.25, 0.3) is 0 Å². The van der Waals surface area contributed by atoms with Crippen LogP contribution in [-0.4, -0.2) is 47.9 Å². The van der Waals surface area contributed by atoms with E-state index in [4.69, 9.17) is 4.74 Å². The third kappa shape index (κ3) is 4.88. The second-order valence-corrected chi connectivity index (χ2v) is 8.42. The number of rotatable bonds is 7. The van der Waals surface area contributed by atoms with E-state index in [1.165, 1.54) is 22.3 Å². The fourth-order valence-electron chi connectivity index (χ4n) is 3.72. The number of fused-ring (bicyclic) bond motifs is 1. The quantitative estimate of drug-likeness (QED) is 0.648. The summed E-state index contributed by atoms with van der Waals surface area (Å²) in [6, 6.07) is 8.03. The van der Waals surface area contributed by atoms with Crippen LogP contribution in [0, 0.1) is 13.8 Å². The molecule has 0 N–H and O–H groups in total. The van der Waals surface area contributed by atoms with Gasteiger partial charge in [-0.25, -0.2) is 0 Å². The van der Waals surface area contributed by atoms with Gasteiger partial charge in [-0.1, -0.05) is 23.8 Å². The highest BCUT2D eigenvalue weighted by atomic mass is 32.1. The van der Waals surface area contributed by atoms with Gasteiger partial charge in [-0.3, -0.25) is 9.59 Å². The third-order valence-corrected chi connectivity index (χ3v) is 6.26. The first kappa shape index (κ1) is 21.1. The van der Waals surface area contributed by atoms with Crippen LogP contribution in [0.15, 0.2) is 42.3 Å². The summed E-state index contributed by atoms with van der Waals surface area (Å²) in [5, 5.41) is 2.07. The lowest BCUT2D eigenvalue weighted by molar-refractivity contribution is -0.141. The van der Waals surface area contributed by atoms with E-state index >= 15 is 0 Å². The summed E-state index contributed by atoms with van der Waals surface area (Å²) >= 11 is 1.73. The number of thiophene rings is 1. The lowest BCUT2D eigenvalue weighted by Crippen LogP contribution is -2.47.